The SMILES string of the molecule is CC(=O)N[C@@H]1C[C@H](C(C)=O)CC1(F)F. The number of ketones is 1. The van der Waals surface area contributed by atoms with E-state index in [1.54, 1.807) is 0 Å². The van der Waals surface area contributed by atoms with Crippen LogP contribution >= 0.6 is 0 Å². The molecule has 0 aromatic carbocycles. The van der Waals surface area contributed by atoms with Gasteiger partial charge >= 0.3 is 0 Å². The fourth-order valence-corrected chi connectivity index (χ4v) is 1.73. The second-order valence-corrected chi connectivity index (χ2v) is 3.76. The molecule has 0 spiro atoms. The summed E-state index contributed by atoms with van der Waals surface area (Å²) in [6.45, 7) is 2.49. The van der Waals surface area contributed by atoms with E-state index in [1.807, 2.05) is 0 Å². The van der Waals surface area contributed by atoms with Crippen LogP contribution in [0.2, 0.25) is 0 Å². The number of hydrogen-bond donors (Lipinski definition) is 1. The van der Waals surface area contributed by atoms with Gasteiger partial charge in [-0.25, -0.2) is 8.78 Å². The molecule has 2 atom stereocenters. The summed E-state index contributed by atoms with van der Waals surface area (Å²) < 4.78 is 26.4. The van der Waals surface area contributed by atoms with Gasteiger partial charge in [0.05, 0.1) is 6.04 Å². The lowest BCUT2D eigenvalue weighted by Gasteiger charge is -2.18. The summed E-state index contributed by atoms with van der Waals surface area (Å²) in [4.78, 5) is 21.6. The quantitative estimate of drug-likeness (QED) is 0.734. The largest absolute Gasteiger partial charge is 0.348 e. The highest BCUT2D eigenvalue weighted by molar-refractivity contribution is 5.79. The van der Waals surface area contributed by atoms with Crippen LogP contribution in [0.4, 0.5) is 8.78 Å². The third-order valence-electron chi connectivity index (χ3n) is 2.50. The fraction of sp³-hybridized carbons (Fsp3) is 0.778. The number of carbonyl (C=O) groups excluding carboxylic acids is 2. The second kappa shape index (κ2) is 3.63. The third kappa shape index (κ3) is 2.27. The molecular formula is C9H13F2NO2. The van der Waals surface area contributed by atoms with Crippen molar-refractivity contribution >= 4 is 11.7 Å². The van der Waals surface area contributed by atoms with E-state index in [-0.39, 0.29) is 12.2 Å². The molecule has 0 aromatic heterocycles. The van der Waals surface area contributed by atoms with Gasteiger partial charge in [-0.2, -0.15) is 0 Å². The molecule has 0 aromatic rings. The average Bonchev–Trinajstić information content (AvgIpc) is 2.26. The van der Waals surface area contributed by atoms with Gasteiger partial charge in [0, 0.05) is 19.3 Å². The van der Waals surface area contributed by atoms with Crippen LogP contribution in [0.1, 0.15) is 26.7 Å². The predicted octanol–water partition coefficient (Wildman–Crippen LogP) is 1.13. The van der Waals surface area contributed by atoms with Gasteiger partial charge in [-0.3, -0.25) is 9.59 Å². The first-order chi connectivity index (χ1) is 6.33. The summed E-state index contributed by atoms with van der Waals surface area (Å²) in [6, 6.07) is -1.19. The number of nitrogens with one attached hydrogen (secondary N) is 1. The third-order valence-corrected chi connectivity index (χ3v) is 2.50. The number of alkyl halides is 2. The van der Waals surface area contributed by atoms with Crippen LogP contribution in [-0.4, -0.2) is 23.7 Å². The van der Waals surface area contributed by atoms with Crippen molar-refractivity contribution in [3.05, 3.63) is 0 Å². The van der Waals surface area contributed by atoms with Crippen molar-refractivity contribution in [2.45, 2.75) is 38.7 Å². The Hall–Kier alpha value is -1.00. The normalized spacial score (nSPS) is 30.0. The van der Waals surface area contributed by atoms with E-state index in [4.69, 9.17) is 0 Å². The standard InChI is InChI=1S/C9H13F2NO2/c1-5(13)7-3-8(12-6(2)14)9(10,11)4-7/h7-8H,3-4H2,1-2H3,(H,12,14)/t7-,8+/m0/s1. The van der Waals surface area contributed by atoms with Crippen LogP contribution in [0.15, 0.2) is 0 Å². The summed E-state index contributed by atoms with van der Waals surface area (Å²) in [7, 11) is 0. The lowest BCUT2D eigenvalue weighted by molar-refractivity contribution is -0.122. The van der Waals surface area contributed by atoms with Crippen molar-refractivity contribution in [2.75, 3.05) is 0 Å². The van der Waals surface area contributed by atoms with Gasteiger partial charge in [0.1, 0.15) is 5.78 Å². The number of carbonyl (C=O) groups is 2. The molecule has 0 unspecified atom stereocenters. The maximum atomic E-state index is 13.2. The van der Waals surface area contributed by atoms with Crippen molar-refractivity contribution in [2.24, 2.45) is 5.92 Å². The maximum Gasteiger partial charge on any atom is 0.268 e. The molecule has 0 aliphatic heterocycles. The second-order valence-electron chi connectivity index (χ2n) is 3.76. The molecule has 0 heterocycles. The Morgan fingerprint density at radius 3 is 2.29 bits per heavy atom. The molecule has 3 nitrogen and oxygen atoms in total. The summed E-state index contributed by atoms with van der Waals surface area (Å²) in [6.07, 6.45) is -0.408. The van der Waals surface area contributed by atoms with E-state index in [0.29, 0.717) is 0 Å². The van der Waals surface area contributed by atoms with Gasteiger partial charge in [0.2, 0.25) is 5.91 Å². The van der Waals surface area contributed by atoms with Crippen molar-refractivity contribution in [1.82, 2.24) is 5.32 Å². The average molecular weight is 205 g/mol. The van der Waals surface area contributed by atoms with Crippen LogP contribution < -0.4 is 5.32 Å². The van der Waals surface area contributed by atoms with Crippen molar-refractivity contribution in [3.63, 3.8) is 0 Å². The zero-order valence-corrected chi connectivity index (χ0v) is 8.14. The van der Waals surface area contributed by atoms with E-state index in [0.717, 1.165) is 0 Å². The van der Waals surface area contributed by atoms with Crippen LogP contribution in [0, 0.1) is 5.92 Å². The first-order valence-electron chi connectivity index (χ1n) is 4.48. The molecule has 0 radical (unpaired) electrons. The zero-order valence-electron chi connectivity index (χ0n) is 8.14. The van der Waals surface area contributed by atoms with Gasteiger partial charge in [-0.15, -0.1) is 0 Å². The predicted molar refractivity (Wildman–Crippen MR) is 46.0 cm³/mol. The first-order valence-corrected chi connectivity index (χ1v) is 4.48. The highest BCUT2D eigenvalue weighted by Crippen LogP contribution is 2.39. The highest BCUT2D eigenvalue weighted by atomic mass is 19.3. The Morgan fingerprint density at radius 2 is 1.93 bits per heavy atom. The van der Waals surface area contributed by atoms with Gasteiger partial charge in [0.25, 0.3) is 5.92 Å². The smallest absolute Gasteiger partial charge is 0.268 e. The fourth-order valence-electron chi connectivity index (χ4n) is 1.73. The summed E-state index contributed by atoms with van der Waals surface area (Å²) in [5.74, 6) is -4.31. The summed E-state index contributed by atoms with van der Waals surface area (Å²) >= 11 is 0. The minimum Gasteiger partial charge on any atom is -0.348 e. The monoisotopic (exact) mass is 205 g/mol. The van der Waals surface area contributed by atoms with E-state index in [9.17, 15) is 18.4 Å². The van der Waals surface area contributed by atoms with Crippen molar-refractivity contribution < 1.29 is 18.4 Å². The van der Waals surface area contributed by atoms with Gasteiger partial charge in [0.15, 0.2) is 0 Å². The van der Waals surface area contributed by atoms with Gasteiger partial charge in [-0.1, -0.05) is 0 Å². The van der Waals surface area contributed by atoms with Crippen molar-refractivity contribution in [3.8, 4) is 0 Å². The van der Waals surface area contributed by atoms with Crippen LogP contribution in [0.5, 0.6) is 0 Å². The number of Topliss-reactive ketones (excluding diaryl/α,β-unsaturated/α-hetero) is 1. The van der Waals surface area contributed by atoms with Crippen LogP contribution in [0.3, 0.4) is 0 Å². The van der Waals surface area contributed by atoms with E-state index in [1.165, 1.54) is 13.8 Å². The van der Waals surface area contributed by atoms with Gasteiger partial charge < -0.3 is 5.32 Å². The lowest BCUT2D eigenvalue weighted by Crippen LogP contribution is -2.42. The molecule has 0 bridgehead atoms. The molecule has 1 aliphatic carbocycles. The summed E-state index contributed by atoms with van der Waals surface area (Å²) in [5, 5.41) is 2.18. The zero-order chi connectivity index (χ0) is 10.9. The molecule has 1 rings (SSSR count). The number of amides is 1. The molecule has 14 heavy (non-hydrogen) atoms. The minimum absolute atomic E-state index is 0.0436. The Bertz CT molecular complexity index is 266. The van der Waals surface area contributed by atoms with Crippen LogP contribution in [-0.2, 0) is 9.59 Å². The Balaban J connectivity index is 2.68. The first kappa shape index (κ1) is 11.1. The van der Waals surface area contributed by atoms with E-state index in [2.05, 4.69) is 5.32 Å². The molecule has 80 valence electrons. The molecule has 1 fully saturated rings. The molecule has 5 heteroatoms. The number of halogens is 2. The Kier molecular flexibility index (Phi) is 2.87. The minimum atomic E-state index is -2.96. The summed E-state index contributed by atoms with van der Waals surface area (Å²) in [5.41, 5.74) is 0. The molecular weight excluding hydrogens is 192 g/mol. The molecule has 0 saturated heterocycles. The molecule has 1 aliphatic rings. The number of rotatable bonds is 2. The van der Waals surface area contributed by atoms with Crippen molar-refractivity contribution in [1.29, 1.82) is 0 Å². The number of hydrogen-bond acceptors (Lipinski definition) is 2. The molecule has 1 saturated carbocycles. The Morgan fingerprint density at radius 1 is 1.36 bits per heavy atom. The topological polar surface area (TPSA) is 46.2 Å². The highest BCUT2D eigenvalue weighted by Gasteiger charge is 2.50. The van der Waals surface area contributed by atoms with E-state index < -0.39 is 30.2 Å². The maximum absolute atomic E-state index is 13.2. The van der Waals surface area contributed by atoms with E-state index >= 15 is 0 Å². The molecule has 1 amide bonds. The molecule has 1 N–H and O–H groups in total. The van der Waals surface area contributed by atoms with Gasteiger partial charge in [-0.05, 0) is 13.3 Å². The lowest BCUT2D eigenvalue weighted by atomic mass is 10.0. The Labute approximate surface area is 80.9 Å². The van der Waals surface area contributed by atoms with Crippen LogP contribution in [0.25, 0.3) is 0 Å².